The van der Waals surface area contributed by atoms with E-state index < -0.39 is 11.6 Å². The monoisotopic (exact) mass is 233 g/mol. The normalized spacial score (nSPS) is 12.5. The zero-order valence-corrected chi connectivity index (χ0v) is 9.45. The van der Waals surface area contributed by atoms with Crippen molar-refractivity contribution in [1.29, 1.82) is 0 Å². The SMILES string of the molecule is CC(N)c1cccc(-c2ccc(F)cc2F)c1. The number of benzene rings is 2. The van der Waals surface area contributed by atoms with Gasteiger partial charge in [-0.05, 0) is 36.2 Å². The van der Waals surface area contributed by atoms with Gasteiger partial charge in [0.25, 0.3) is 0 Å². The van der Waals surface area contributed by atoms with Crippen molar-refractivity contribution in [3.05, 3.63) is 59.7 Å². The van der Waals surface area contributed by atoms with Gasteiger partial charge in [-0.15, -0.1) is 0 Å². The number of rotatable bonds is 2. The van der Waals surface area contributed by atoms with E-state index in [2.05, 4.69) is 0 Å². The van der Waals surface area contributed by atoms with Crippen LogP contribution in [0.5, 0.6) is 0 Å². The van der Waals surface area contributed by atoms with E-state index in [1.807, 2.05) is 25.1 Å². The summed E-state index contributed by atoms with van der Waals surface area (Å²) in [5.41, 5.74) is 7.78. The first-order valence-electron chi connectivity index (χ1n) is 5.39. The summed E-state index contributed by atoms with van der Waals surface area (Å²) < 4.78 is 26.4. The van der Waals surface area contributed by atoms with Gasteiger partial charge in [0.2, 0.25) is 0 Å². The lowest BCUT2D eigenvalue weighted by Crippen LogP contribution is -2.04. The smallest absolute Gasteiger partial charge is 0.133 e. The molecule has 0 amide bonds. The summed E-state index contributed by atoms with van der Waals surface area (Å²) in [6, 6.07) is 10.8. The molecule has 0 aliphatic carbocycles. The molecule has 88 valence electrons. The Hall–Kier alpha value is -1.74. The number of hydrogen-bond donors (Lipinski definition) is 1. The van der Waals surface area contributed by atoms with Crippen LogP contribution in [0.3, 0.4) is 0 Å². The highest BCUT2D eigenvalue weighted by Gasteiger charge is 2.07. The fourth-order valence-corrected chi connectivity index (χ4v) is 1.71. The van der Waals surface area contributed by atoms with Crippen molar-refractivity contribution < 1.29 is 8.78 Å². The van der Waals surface area contributed by atoms with E-state index in [1.54, 1.807) is 6.07 Å². The quantitative estimate of drug-likeness (QED) is 0.841. The third-order valence-corrected chi connectivity index (χ3v) is 2.65. The molecular weight excluding hydrogens is 220 g/mol. The molecule has 1 nitrogen and oxygen atoms in total. The second-order valence-electron chi connectivity index (χ2n) is 4.04. The summed E-state index contributed by atoms with van der Waals surface area (Å²) in [7, 11) is 0. The minimum atomic E-state index is -0.574. The molecule has 2 rings (SSSR count). The lowest BCUT2D eigenvalue weighted by molar-refractivity contribution is 0.585. The lowest BCUT2D eigenvalue weighted by Gasteiger charge is -2.09. The molecular formula is C14H13F2N. The molecule has 0 fully saturated rings. The van der Waals surface area contributed by atoms with Crippen molar-refractivity contribution in [2.24, 2.45) is 5.73 Å². The maximum Gasteiger partial charge on any atom is 0.133 e. The summed E-state index contributed by atoms with van der Waals surface area (Å²) in [5, 5.41) is 0. The third-order valence-electron chi connectivity index (χ3n) is 2.65. The molecule has 2 aromatic rings. The maximum absolute atomic E-state index is 13.6. The summed E-state index contributed by atoms with van der Waals surface area (Å²) in [6.07, 6.45) is 0. The van der Waals surface area contributed by atoms with Crippen LogP contribution in [0.25, 0.3) is 11.1 Å². The third kappa shape index (κ3) is 2.50. The van der Waals surface area contributed by atoms with Crippen molar-refractivity contribution in [3.8, 4) is 11.1 Å². The van der Waals surface area contributed by atoms with Gasteiger partial charge in [-0.25, -0.2) is 8.78 Å². The van der Waals surface area contributed by atoms with E-state index in [0.29, 0.717) is 11.1 Å². The topological polar surface area (TPSA) is 26.0 Å². The summed E-state index contributed by atoms with van der Waals surface area (Å²) in [5.74, 6) is -1.14. The molecule has 0 aliphatic rings. The second kappa shape index (κ2) is 4.63. The average Bonchev–Trinajstić information content (AvgIpc) is 2.29. The van der Waals surface area contributed by atoms with Crippen LogP contribution < -0.4 is 5.73 Å². The van der Waals surface area contributed by atoms with Crippen LogP contribution >= 0.6 is 0 Å². The van der Waals surface area contributed by atoms with Crippen molar-refractivity contribution >= 4 is 0 Å². The molecule has 0 aromatic heterocycles. The van der Waals surface area contributed by atoms with Crippen molar-refractivity contribution in [3.63, 3.8) is 0 Å². The lowest BCUT2D eigenvalue weighted by atomic mass is 10.00. The fourth-order valence-electron chi connectivity index (χ4n) is 1.71. The molecule has 0 bridgehead atoms. The van der Waals surface area contributed by atoms with E-state index in [4.69, 9.17) is 5.73 Å². The van der Waals surface area contributed by atoms with Crippen molar-refractivity contribution in [1.82, 2.24) is 0 Å². The highest BCUT2D eigenvalue weighted by molar-refractivity contribution is 5.65. The number of hydrogen-bond acceptors (Lipinski definition) is 1. The van der Waals surface area contributed by atoms with Gasteiger partial charge in [-0.1, -0.05) is 18.2 Å². The van der Waals surface area contributed by atoms with Gasteiger partial charge in [0.05, 0.1) is 0 Å². The predicted octanol–water partition coefficient (Wildman–Crippen LogP) is 3.65. The zero-order valence-electron chi connectivity index (χ0n) is 9.45. The Morgan fingerprint density at radius 2 is 1.82 bits per heavy atom. The number of nitrogens with two attached hydrogens (primary N) is 1. The van der Waals surface area contributed by atoms with Crippen molar-refractivity contribution in [2.75, 3.05) is 0 Å². The molecule has 2 N–H and O–H groups in total. The van der Waals surface area contributed by atoms with Crippen LogP contribution in [-0.4, -0.2) is 0 Å². The first kappa shape index (κ1) is 11.7. The van der Waals surface area contributed by atoms with E-state index in [9.17, 15) is 8.78 Å². The van der Waals surface area contributed by atoms with Crippen LogP contribution in [0, 0.1) is 11.6 Å². The Morgan fingerprint density at radius 1 is 1.06 bits per heavy atom. The van der Waals surface area contributed by atoms with Crippen LogP contribution in [0.2, 0.25) is 0 Å². The van der Waals surface area contributed by atoms with E-state index in [-0.39, 0.29) is 6.04 Å². The number of halogens is 2. The molecule has 1 unspecified atom stereocenters. The minimum absolute atomic E-state index is 0.113. The summed E-state index contributed by atoms with van der Waals surface area (Å²) in [6.45, 7) is 1.86. The van der Waals surface area contributed by atoms with Gasteiger partial charge < -0.3 is 5.73 Å². The molecule has 0 heterocycles. The van der Waals surface area contributed by atoms with E-state index >= 15 is 0 Å². The van der Waals surface area contributed by atoms with Crippen LogP contribution in [0.1, 0.15) is 18.5 Å². The highest BCUT2D eigenvalue weighted by atomic mass is 19.1. The predicted molar refractivity (Wildman–Crippen MR) is 64.4 cm³/mol. The summed E-state index contributed by atoms with van der Waals surface area (Å²) in [4.78, 5) is 0. The van der Waals surface area contributed by atoms with Crippen LogP contribution in [0.4, 0.5) is 8.78 Å². The maximum atomic E-state index is 13.6. The molecule has 0 saturated heterocycles. The Labute approximate surface area is 98.9 Å². The minimum Gasteiger partial charge on any atom is -0.324 e. The van der Waals surface area contributed by atoms with Gasteiger partial charge in [0.1, 0.15) is 11.6 Å². The molecule has 0 spiro atoms. The van der Waals surface area contributed by atoms with Gasteiger partial charge in [0.15, 0.2) is 0 Å². The summed E-state index contributed by atoms with van der Waals surface area (Å²) >= 11 is 0. The molecule has 0 aliphatic heterocycles. The molecule has 17 heavy (non-hydrogen) atoms. The van der Waals surface area contributed by atoms with Gasteiger partial charge in [0, 0.05) is 17.7 Å². The second-order valence-corrected chi connectivity index (χ2v) is 4.04. The fraction of sp³-hybridized carbons (Fsp3) is 0.143. The largest absolute Gasteiger partial charge is 0.324 e. The molecule has 0 radical (unpaired) electrons. The average molecular weight is 233 g/mol. The zero-order chi connectivity index (χ0) is 12.4. The Bertz CT molecular complexity index is 535. The first-order valence-corrected chi connectivity index (χ1v) is 5.39. The van der Waals surface area contributed by atoms with Crippen LogP contribution in [0.15, 0.2) is 42.5 Å². The van der Waals surface area contributed by atoms with Crippen LogP contribution in [-0.2, 0) is 0 Å². The van der Waals surface area contributed by atoms with Gasteiger partial charge in [-0.3, -0.25) is 0 Å². The molecule has 1 atom stereocenters. The molecule has 3 heteroatoms. The molecule has 0 saturated carbocycles. The Kier molecular flexibility index (Phi) is 3.20. The van der Waals surface area contributed by atoms with Gasteiger partial charge >= 0.3 is 0 Å². The van der Waals surface area contributed by atoms with E-state index in [0.717, 1.165) is 11.6 Å². The standard InChI is InChI=1S/C14H13F2N/c1-9(17)10-3-2-4-11(7-10)13-6-5-12(15)8-14(13)16/h2-9H,17H2,1H3. The Balaban J connectivity index is 2.49. The Morgan fingerprint density at radius 3 is 2.47 bits per heavy atom. The van der Waals surface area contributed by atoms with Crippen molar-refractivity contribution in [2.45, 2.75) is 13.0 Å². The van der Waals surface area contributed by atoms with E-state index in [1.165, 1.54) is 12.1 Å². The highest BCUT2D eigenvalue weighted by Crippen LogP contribution is 2.25. The molecule has 2 aromatic carbocycles. The van der Waals surface area contributed by atoms with Gasteiger partial charge in [-0.2, -0.15) is 0 Å². The first-order chi connectivity index (χ1) is 8.08.